The Kier molecular flexibility index (Phi) is 6.15. The quantitative estimate of drug-likeness (QED) is 0.686. The molecule has 0 saturated carbocycles. The average molecular weight is 409 g/mol. The first-order chi connectivity index (χ1) is 14.3. The van der Waals surface area contributed by atoms with Gasteiger partial charge in [-0.05, 0) is 48.2 Å². The van der Waals surface area contributed by atoms with Gasteiger partial charge in [-0.2, -0.15) is 0 Å². The summed E-state index contributed by atoms with van der Waals surface area (Å²) in [5.41, 5.74) is 2.32. The molecule has 0 aliphatic carbocycles. The molecule has 2 N–H and O–H groups in total. The summed E-state index contributed by atoms with van der Waals surface area (Å²) in [6.45, 7) is 7.99. The summed E-state index contributed by atoms with van der Waals surface area (Å²) < 4.78 is 5.48. The SMILES string of the molecule is CCOc1cc(C2C(C(=O)CC)=C(O)C(=O)N2c2ccc(C(C)C)cc2)ccc1O. The van der Waals surface area contributed by atoms with E-state index in [0.717, 1.165) is 5.56 Å². The van der Waals surface area contributed by atoms with Gasteiger partial charge in [0.15, 0.2) is 23.0 Å². The van der Waals surface area contributed by atoms with Gasteiger partial charge in [0, 0.05) is 12.1 Å². The molecule has 1 atom stereocenters. The van der Waals surface area contributed by atoms with Crippen molar-refractivity contribution < 1.29 is 24.5 Å². The number of nitrogens with zero attached hydrogens (tertiary/aromatic N) is 1. The number of phenolic OH excluding ortho intramolecular Hbond substituents is 1. The smallest absolute Gasteiger partial charge is 0.294 e. The monoisotopic (exact) mass is 409 g/mol. The molecular formula is C24H27NO5. The van der Waals surface area contributed by atoms with Crippen molar-refractivity contribution in [3.05, 3.63) is 64.9 Å². The minimum Gasteiger partial charge on any atom is -0.504 e. The number of rotatable bonds is 7. The summed E-state index contributed by atoms with van der Waals surface area (Å²) >= 11 is 0. The van der Waals surface area contributed by atoms with E-state index in [9.17, 15) is 19.8 Å². The maximum atomic E-state index is 13.0. The lowest BCUT2D eigenvalue weighted by molar-refractivity contribution is -0.118. The van der Waals surface area contributed by atoms with Crippen LogP contribution >= 0.6 is 0 Å². The molecule has 1 amide bonds. The predicted octanol–water partition coefficient (Wildman–Crippen LogP) is 4.79. The fourth-order valence-corrected chi connectivity index (χ4v) is 3.65. The van der Waals surface area contributed by atoms with Gasteiger partial charge in [-0.3, -0.25) is 14.5 Å². The second kappa shape index (κ2) is 8.61. The number of carbonyl (C=O) groups is 2. The molecule has 3 rings (SSSR count). The first kappa shape index (κ1) is 21.4. The summed E-state index contributed by atoms with van der Waals surface area (Å²) in [5, 5.41) is 20.6. The normalized spacial score (nSPS) is 16.5. The third kappa shape index (κ3) is 3.77. The molecule has 0 saturated heterocycles. The van der Waals surface area contributed by atoms with E-state index in [1.807, 2.05) is 24.3 Å². The van der Waals surface area contributed by atoms with Gasteiger partial charge in [-0.15, -0.1) is 0 Å². The number of Topliss-reactive ketones (excluding diaryl/α,β-unsaturated/α-hetero) is 1. The largest absolute Gasteiger partial charge is 0.504 e. The van der Waals surface area contributed by atoms with E-state index in [0.29, 0.717) is 23.8 Å². The van der Waals surface area contributed by atoms with E-state index in [-0.39, 0.29) is 29.3 Å². The minimum atomic E-state index is -0.811. The lowest BCUT2D eigenvalue weighted by atomic mass is 9.94. The molecule has 0 radical (unpaired) electrons. The number of aliphatic hydroxyl groups is 1. The highest BCUT2D eigenvalue weighted by Crippen LogP contribution is 2.43. The second-order valence-corrected chi connectivity index (χ2v) is 7.52. The van der Waals surface area contributed by atoms with E-state index in [2.05, 4.69) is 13.8 Å². The number of aromatic hydroxyl groups is 1. The van der Waals surface area contributed by atoms with Gasteiger partial charge in [0.25, 0.3) is 5.91 Å². The number of ketones is 1. The molecule has 2 aromatic rings. The number of anilines is 1. The Morgan fingerprint density at radius 2 is 1.77 bits per heavy atom. The van der Waals surface area contributed by atoms with Gasteiger partial charge < -0.3 is 14.9 Å². The summed E-state index contributed by atoms with van der Waals surface area (Å²) in [7, 11) is 0. The Bertz CT molecular complexity index is 991. The van der Waals surface area contributed by atoms with Gasteiger partial charge in [0.05, 0.1) is 18.2 Å². The standard InChI is InChI=1S/C24H27NO5/c1-5-18(26)21-22(16-9-12-19(27)20(13-16)30-6-2)25(24(29)23(21)28)17-10-7-15(8-11-17)14(3)4/h7-14,22,27-28H,5-6H2,1-4H3. The maximum Gasteiger partial charge on any atom is 0.294 e. The number of amides is 1. The lowest BCUT2D eigenvalue weighted by Gasteiger charge is -2.27. The lowest BCUT2D eigenvalue weighted by Crippen LogP contribution is -2.31. The second-order valence-electron chi connectivity index (χ2n) is 7.52. The number of aliphatic hydroxyl groups excluding tert-OH is 1. The Morgan fingerprint density at radius 1 is 1.10 bits per heavy atom. The summed E-state index contributed by atoms with van der Waals surface area (Å²) in [4.78, 5) is 27.1. The van der Waals surface area contributed by atoms with Crippen LogP contribution in [0.4, 0.5) is 5.69 Å². The molecule has 30 heavy (non-hydrogen) atoms. The van der Waals surface area contributed by atoms with Gasteiger partial charge in [-0.25, -0.2) is 0 Å². The maximum absolute atomic E-state index is 13.0. The number of hydrogen-bond acceptors (Lipinski definition) is 5. The van der Waals surface area contributed by atoms with Crippen molar-refractivity contribution in [2.24, 2.45) is 0 Å². The molecule has 0 bridgehead atoms. The zero-order chi connectivity index (χ0) is 22.0. The molecule has 1 heterocycles. The molecule has 0 fully saturated rings. The minimum absolute atomic E-state index is 0.0330. The fourth-order valence-electron chi connectivity index (χ4n) is 3.65. The van der Waals surface area contributed by atoms with Crippen molar-refractivity contribution in [3.63, 3.8) is 0 Å². The van der Waals surface area contributed by atoms with Gasteiger partial charge >= 0.3 is 0 Å². The third-order valence-electron chi connectivity index (χ3n) is 5.27. The zero-order valence-corrected chi connectivity index (χ0v) is 17.7. The molecule has 1 aliphatic rings. The van der Waals surface area contributed by atoms with E-state index in [4.69, 9.17) is 4.74 Å². The van der Waals surface area contributed by atoms with E-state index < -0.39 is 17.7 Å². The Balaban J connectivity index is 2.15. The van der Waals surface area contributed by atoms with Gasteiger partial charge in [0.1, 0.15) is 0 Å². The van der Waals surface area contributed by atoms with Crippen molar-refractivity contribution in [3.8, 4) is 11.5 Å². The molecular weight excluding hydrogens is 382 g/mol. The van der Waals surface area contributed by atoms with Crippen molar-refractivity contribution >= 4 is 17.4 Å². The highest BCUT2D eigenvalue weighted by molar-refractivity contribution is 6.16. The summed E-state index contributed by atoms with van der Waals surface area (Å²) in [5.74, 6) is -0.913. The van der Waals surface area contributed by atoms with Crippen LogP contribution in [0.5, 0.6) is 11.5 Å². The Hall–Kier alpha value is -3.28. The zero-order valence-electron chi connectivity index (χ0n) is 17.7. The van der Waals surface area contributed by atoms with Crippen LogP contribution < -0.4 is 9.64 Å². The fraction of sp³-hybridized carbons (Fsp3) is 0.333. The molecule has 0 spiro atoms. The van der Waals surface area contributed by atoms with E-state index >= 15 is 0 Å². The van der Waals surface area contributed by atoms with Crippen LogP contribution in [0.2, 0.25) is 0 Å². The Morgan fingerprint density at radius 3 is 2.33 bits per heavy atom. The number of ether oxygens (including phenoxy) is 1. The Labute approximate surface area is 176 Å². The number of benzene rings is 2. The van der Waals surface area contributed by atoms with Crippen molar-refractivity contribution in [1.29, 1.82) is 0 Å². The average Bonchev–Trinajstić information content (AvgIpc) is 3.00. The molecule has 6 heteroatoms. The van der Waals surface area contributed by atoms with Crippen LogP contribution in [-0.2, 0) is 9.59 Å². The molecule has 1 aliphatic heterocycles. The highest BCUT2D eigenvalue weighted by Gasteiger charge is 2.44. The van der Waals surface area contributed by atoms with Crippen molar-refractivity contribution in [1.82, 2.24) is 0 Å². The molecule has 1 unspecified atom stereocenters. The predicted molar refractivity (Wildman–Crippen MR) is 115 cm³/mol. The van der Waals surface area contributed by atoms with Crippen LogP contribution in [0.25, 0.3) is 0 Å². The third-order valence-corrected chi connectivity index (χ3v) is 5.27. The van der Waals surface area contributed by atoms with Crippen LogP contribution in [0.15, 0.2) is 53.8 Å². The summed E-state index contributed by atoms with van der Waals surface area (Å²) in [6.07, 6.45) is 0.152. The van der Waals surface area contributed by atoms with Crippen LogP contribution in [0.3, 0.4) is 0 Å². The van der Waals surface area contributed by atoms with Crippen LogP contribution in [0.1, 0.15) is 57.2 Å². The van der Waals surface area contributed by atoms with Crippen LogP contribution in [0, 0.1) is 0 Å². The summed E-state index contributed by atoms with van der Waals surface area (Å²) in [6, 6.07) is 11.4. The van der Waals surface area contributed by atoms with Crippen molar-refractivity contribution in [2.75, 3.05) is 11.5 Å². The van der Waals surface area contributed by atoms with Crippen molar-refractivity contribution in [2.45, 2.75) is 46.1 Å². The van der Waals surface area contributed by atoms with Gasteiger partial charge in [0.2, 0.25) is 0 Å². The number of hydrogen-bond donors (Lipinski definition) is 2. The molecule has 2 aromatic carbocycles. The molecule has 6 nitrogen and oxygen atoms in total. The van der Waals surface area contributed by atoms with Crippen LogP contribution in [-0.4, -0.2) is 28.5 Å². The highest BCUT2D eigenvalue weighted by atomic mass is 16.5. The van der Waals surface area contributed by atoms with E-state index in [1.165, 1.54) is 11.0 Å². The molecule has 0 aromatic heterocycles. The first-order valence-electron chi connectivity index (χ1n) is 10.2. The first-order valence-corrected chi connectivity index (χ1v) is 10.2. The molecule has 158 valence electrons. The topological polar surface area (TPSA) is 87.1 Å². The van der Waals surface area contributed by atoms with E-state index in [1.54, 1.807) is 26.0 Å². The number of phenols is 1. The van der Waals surface area contributed by atoms with Gasteiger partial charge in [-0.1, -0.05) is 39.0 Å². The number of carbonyl (C=O) groups excluding carboxylic acids is 2.